The first-order valence-corrected chi connectivity index (χ1v) is 17.5. The molecule has 1 heterocycles. The van der Waals surface area contributed by atoms with E-state index in [9.17, 15) is 0 Å². The third-order valence-corrected chi connectivity index (χ3v) is 8.54. The standard InChI is InChI=1S/C37H65N2/c1-3-5-7-9-11-13-14-15-16-17-18-20-22-27-31-37-38(32-28-23-21-19-12-10-8-6-4-2)33-34-39(37)35-36-29-25-24-26-30-36/h24-26,29-30,33-34H,3-23,27-28,31-32,35H2,1-2H3/q+1. The average molecular weight is 538 g/mol. The Labute approximate surface area is 244 Å². The molecule has 0 N–H and O–H groups in total. The van der Waals surface area contributed by atoms with Crippen molar-refractivity contribution in [3.05, 3.63) is 54.1 Å². The fourth-order valence-electron chi connectivity index (χ4n) is 5.98. The largest absolute Gasteiger partial charge is 0.256 e. The van der Waals surface area contributed by atoms with Crippen LogP contribution in [-0.2, 0) is 19.5 Å². The van der Waals surface area contributed by atoms with E-state index in [0.717, 1.165) is 6.54 Å². The van der Waals surface area contributed by atoms with Gasteiger partial charge in [0.15, 0.2) is 0 Å². The molecule has 0 aliphatic heterocycles. The summed E-state index contributed by atoms with van der Waals surface area (Å²) in [5.41, 5.74) is 1.41. The summed E-state index contributed by atoms with van der Waals surface area (Å²) in [6.45, 7) is 6.79. The highest BCUT2D eigenvalue weighted by Gasteiger charge is 2.17. The fraction of sp³-hybridized carbons (Fsp3) is 0.757. The zero-order chi connectivity index (χ0) is 27.6. The predicted octanol–water partition coefficient (Wildman–Crippen LogP) is 11.4. The van der Waals surface area contributed by atoms with Crippen LogP contribution < -0.4 is 4.57 Å². The van der Waals surface area contributed by atoms with Gasteiger partial charge in [0.2, 0.25) is 0 Å². The van der Waals surface area contributed by atoms with Crippen LogP contribution in [0.2, 0.25) is 0 Å². The number of nitrogens with zero attached hydrogens (tertiary/aromatic N) is 2. The molecule has 2 nitrogen and oxygen atoms in total. The van der Waals surface area contributed by atoms with Gasteiger partial charge in [-0.1, -0.05) is 173 Å². The first kappa shape index (κ1) is 33.6. The van der Waals surface area contributed by atoms with Gasteiger partial charge < -0.3 is 0 Å². The fourth-order valence-corrected chi connectivity index (χ4v) is 5.98. The van der Waals surface area contributed by atoms with E-state index in [1.54, 1.807) is 0 Å². The van der Waals surface area contributed by atoms with Crippen molar-refractivity contribution in [2.45, 2.75) is 181 Å². The SMILES string of the molecule is CCCCCCCCCCCCCCCCc1n(Cc2ccccc2)cc[n+]1CCCCCCCCCCC. The van der Waals surface area contributed by atoms with Crippen molar-refractivity contribution in [2.75, 3.05) is 0 Å². The minimum atomic E-state index is 1.000. The van der Waals surface area contributed by atoms with Gasteiger partial charge in [0.25, 0.3) is 5.82 Å². The van der Waals surface area contributed by atoms with E-state index < -0.39 is 0 Å². The topological polar surface area (TPSA) is 8.81 Å². The van der Waals surface area contributed by atoms with Crippen LogP contribution in [0.1, 0.15) is 173 Å². The summed E-state index contributed by atoms with van der Waals surface area (Å²) in [5.74, 6) is 1.54. The highest BCUT2D eigenvalue weighted by atomic mass is 15.1. The van der Waals surface area contributed by atoms with E-state index in [1.807, 2.05) is 0 Å². The van der Waals surface area contributed by atoms with Crippen molar-refractivity contribution >= 4 is 0 Å². The third-order valence-electron chi connectivity index (χ3n) is 8.54. The van der Waals surface area contributed by atoms with Crippen molar-refractivity contribution in [3.8, 4) is 0 Å². The van der Waals surface area contributed by atoms with Gasteiger partial charge >= 0.3 is 0 Å². The zero-order valence-electron chi connectivity index (χ0n) is 26.3. The molecule has 2 heteroatoms. The van der Waals surface area contributed by atoms with Gasteiger partial charge in [-0.2, -0.15) is 0 Å². The van der Waals surface area contributed by atoms with Crippen LogP contribution in [0.25, 0.3) is 0 Å². The normalized spacial score (nSPS) is 11.4. The van der Waals surface area contributed by atoms with Gasteiger partial charge in [0.05, 0.1) is 6.54 Å². The Kier molecular flexibility index (Phi) is 20.9. The summed E-state index contributed by atoms with van der Waals surface area (Å²) in [4.78, 5) is 0. The molecule has 2 aromatic rings. The Balaban J connectivity index is 1.64. The van der Waals surface area contributed by atoms with Gasteiger partial charge in [-0.3, -0.25) is 0 Å². The van der Waals surface area contributed by atoms with Crippen molar-refractivity contribution < 1.29 is 4.57 Å². The number of imidazole rings is 1. The highest BCUT2D eigenvalue weighted by molar-refractivity contribution is 5.15. The predicted molar refractivity (Wildman–Crippen MR) is 171 cm³/mol. The Morgan fingerprint density at radius 1 is 0.513 bits per heavy atom. The molecular weight excluding hydrogens is 472 g/mol. The van der Waals surface area contributed by atoms with Crippen LogP contribution in [0.5, 0.6) is 0 Å². The van der Waals surface area contributed by atoms with Gasteiger partial charge in [-0.15, -0.1) is 0 Å². The molecule has 0 bridgehead atoms. The minimum absolute atomic E-state index is 1.000. The van der Waals surface area contributed by atoms with Crippen molar-refractivity contribution in [1.29, 1.82) is 0 Å². The van der Waals surface area contributed by atoms with Crippen molar-refractivity contribution in [2.24, 2.45) is 0 Å². The first-order chi connectivity index (χ1) is 19.3. The second-order valence-corrected chi connectivity index (χ2v) is 12.2. The van der Waals surface area contributed by atoms with Gasteiger partial charge in [0.1, 0.15) is 18.9 Å². The Morgan fingerprint density at radius 3 is 1.44 bits per heavy atom. The molecule has 0 aliphatic rings. The molecule has 0 unspecified atom stereocenters. The van der Waals surface area contributed by atoms with Crippen molar-refractivity contribution in [1.82, 2.24) is 4.57 Å². The van der Waals surface area contributed by atoms with Gasteiger partial charge in [-0.25, -0.2) is 9.13 Å². The number of hydrogen-bond donors (Lipinski definition) is 0. The molecule has 39 heavy (non-hydrogen) atoms. The van der Waals surface area contributed by atoms with E-state index in [2.05, 4.69) is 65.7 Å². The van der Waals surface area contributed by atoms with Crippen LogP contribution in [-0.4, -0.2) is 4.57 Å². The van der Waals surface area contributed by atoms with Crippen LogP contribution in [0.15, 0.2) is 42.7 Å². The summed E-state index contributed by atoms with van der Waals surface area (Å²) in [6, 6.07) is 11.0. The average Bonchev–Trinajstić information content (AvgIpc) is 3.33. The summed E-state index contributed by atoms with van der Waals surface area (Å²) in [5, 5.41) is 0. The lowest BCUT2D eigenvalue weighted by molar-refractivity contribution is -0.704. The third kappa shape index (κ3) is 17.0. The summed E-state index contributed by atoms with van der Waals surface area (Å²) < 4.78 is 5.10. The van der Waals surface area contributed by atoms with Crippen LogP contribution in [0, 0.1) is 0 Å². The zero-order valence-corrected chi connectivity index (χ0v) is 26.3. The van der Waals surface area contributed by atoms with Crippen LogP contribution in [0.4, 0.5) is 0 Å². The second kappa shape index (κ2) is 24.2. The van der Waals surface area contributed by atoms with E-state index in [0.29, 0.717) is 0 Å². The quantitative estimate of drug-likeness (QED) is 0.0791. The molecule has 0 saturated heterocycles. The number of rotatable bonds is 27. The molecular formula is C37H65N2+. The Hall–Kier alpha value is -1.57. The lowest BCUT2D eigenvalue weighted by atomic mass is 10.0. The molecule has 1 aromatic carbocycles. The molecule has 0 atom stereocenters. The smallest absolute Gasteiger partial charge is 0.234 e. The van der Waals surface area contributed by atoms with E-state index >= 15 is 0 Å². The summed E-state index contributed by atoms with van der Waals surface area (Å²) >= 11 is 0. The maximum absolute atomic E-state index is 2.58. The lowest BCUT2D eigenvalue weighted by Gasteiger charge is -2.07. The minimum Gasteiger partial charge on any atom is -0.234 e. The highest BCUT2D eigenvalue weighted by Crippen LogP contribution is 2.15. The number of aromatic nitrogens is 2. The molecule has 0 fully saturated rings. The molecule has 0 radical (unpaired) electrons. The number of hydrogen-bond acceptors (Lipinski definition) is 0. The van der Waals surface area contributed by atoms with Crippen LogP contribution in [0.3, 0.4) is 0 Å². The maximum Gasteiger partial charge on any atom is 0.256 e. The van der Waals surface area contributed by atoms with Crippen LogP contribution >= 0.6 is 0 Å². The molecule has 2 rings (SSSR count). The molecule has 0 aliphatic carbocycles. The Morgan fingerprint density at radius 2 is 0.949 bits per heavy atom. The first-order valence-electron chi connectivity index (χ1n) is 17.5. The number of aryl methyl sites for hydroxylation is 1. The summed E-state index contributed by atoms with van der Waals surface area (Å²) in [7, 11) is 0. The van der Waals surface area contributed by atoms with E-state index in [-0.39, 0.29) is 0 Å². The Bertz CT molecular complexity index is 778. The molecule has 222 valence electrons. The van der Waals surface area contributed by atoms with Gasteiger partial charge in [-0.05, 0) is 24.8 Å². The van der Waals surface area contributed by atoms with E-state index in [4.69, 9.17) is 0 Å². The number of benzene rings is 1. The molecule has 1 aromatic heterocycles. The molecule has 0 amide bonds. The van der Waals surface area contributed by atoms with Crippen molar-refractivity contribution in [3.63, 3.8) is 0 Å². The monoisotopic (exact) mass is 538 g/mol. The van der Waals surface area contributed by atoms with Gasteiger partial charge in [0, 0.05) is 6.42 Å². The lowest BCUT2D eigenvalue weighted by Crippen LogP contribution is -2.37. The summed E-state index contributed by atoms with van der Waals surface area (Å²) in [6.07, 6.45) is 38.5. The maximum atomic E-state index is 2.58. The van der Waals surface area contributed by atoms with E-state index in [1.165, 1.54) is 172 Å². The second-order valence-electron chi connectivity index (χ2n) is 12.2. The molecule has 0 saturated carbocycles. The number of unbranched alkanes of at least 4 members (excludes halogenated alkanes) is 21. The molecule has 0 spiro atoms.